The minimum absolute atomic E-state index is 0.0811. The molecule has 2 rings (SSSR count). The topological polar surface area (TPSA) is 110 Å². The van der Waals surface area contributed by atoms with Gasteiger partial charge in [-0.1, -0.05) is 6.92 Å². The smallest absolute Gasteiger partial charge is 0.293 e. The van der Waals surface area contributed by atoms with Gasteiger partial charge < -0.3 is 10.6 Å². The van der Waals surface area contributed by atoms with Crippen molar-refractivity contribution < 1.29 is 13.3 Å². The zero-order valence-corrected chi connectivity index (χ0v) is 14.3. The van der Waals surface area contributed by atoms with Gasteiger partial charge in [-0.3, -0.25) is 10.1 Å². The van der Waals surface area contributed by atoms with Crippen LogP contribution >= 0.6 is 0 Å². The second-order valence-corrected chi connectivity index (χ2v) is 8.53. The highest BCUT2D eigenvalue weighted by Crippen LogP contribution is 2.38. The predicted octanol–water partition coefficient (Wildman–Crippen LogP) is 1.02. The van der Waals surface area contributed by atoms with E-state index in [0.717, 1.165) is 16.8 Å². The Labute approximate surface area is 136 Å². The molecule has 1 fully saturated rings. The number of hydrogen-bond donors (Lipinski definition) is 1. The van der Waals surface area contributed by atoms with Gasteiger partial charge in [0.25, 0.3) is 5.69 Å². The third kappa shape index (κ3) is 3.31. The van der Waals surface area contributed by atoms with Crippen LogP contribution in [0.15, 0.2) is 23.1 Å². The van der Waals surface area contributed by atoms with Crippen LogP contribution in [0.5, 0.6) is 0 Å². The molecular weight excluding hydrogens is 320 g/mol. The van der Waals surface area contributed by atoms with Gasteiger partial charge in [-0.25, -0.2) is 12.7 Å². The first kappa shape index (κ1) is 17.6. The summed E-state index contributed by atoms with van der Waals surface area (Å²) >= 11 is 0. The van der Waals surface area contributed by atoms with Crippen molar-refractivity contribution in [3.8, 4) is 0 Å². The summed E-state index contributed by atoms with van der Waals surface area (Å²) in [4.78, 5) is 12.7. The number of benzene rings is 1. The van der Waals surface area contributed by atoms with E-state index in [2.05, 4.69) is 0 Å². The maximum atomic E-state index is 12.2. The molecule has 0 radical (unpaired) electrons. The van der Waals surface area contributed by atoms with E-state index in [1.54, 1.807) is 0 Å². The molecular formula is C14H22N4O4S. The highest BCUT2D eigenvalue weighted by molar-refractivity contribution is 7.89. The van der Waals surface area contributed by atoms with Crippen LogP contribution in [0.1, 0.15) is 13.3 Å². The Bertz CT molecular complexity index is 719. The Morgan fingerprint density at radius 2 is 2.09 bits per heavy atom. The van der Waals surface area contributed by atoms with Gasteiger partial charge in [0.15, 0.2) is 0 Å². The summed E-state index contributed by atoms with van der Waals surface area (Å²) in [6, 6.07) is 4.05. The van der Waals surface area contributed by atoms with Crippen molar-refractivity contribution in [2.45, 2.75) is 18.2 Å². The fourth-order valence-electron chi connectivity index (χ4n) is 2.68. The normalized spacial score (nSPS) is 21.9. The Hall–Kier alpha value is -1.71. The number of nitro groups is 1. The number of nitrogens with zero attached hydrogens (tertiary/aromatic N) is 3. The molecule has 0 amide bonds. The average Bonchev–Trinajstić information content (AvgIpc) is 2.89. The standard InChI is InChI=1S/C14H22N4O4S/c1-14(9-15)6-7-17(10-14)12-5-4-11(8-13(12)18(19)20)23(21,22)16(2)3/h4-5,8H,6-7,9-10,15H2,1-3H3. The summed E-state index contributed by atoms with van der Waals surface area (Å²) in [5, 5.41) is 11.4. The highest BCUT2D eigenvalue weighted by atomic mass is 32.2. The molecule has 1 aromatic carbocycles. The molecule has 128 valence electrons. The maximum Gasteiger partial charge on any atom is 0.293 e. The highest BCUT2D eigenvalue weighted by Gasteiger charge is 2.35. The quantitative estimate of drug-likeness (QED) is 0.632. The predicted molar refractivity (Wildman–Crippen MR) is 88.0 cm³/mol. The van der Waals surface area contributed by atoms with Gasteiger partial charge in [0.1, 0.15) is 5.69 Å². The third-order valence-electron chi connectivity index (χ3n) is 4.31. The first-order chi connectivity index (χ1) is 10.6. The minimum atomic E-state index is -3.71. The second kappa shape index (κ2) is 6.06. The first-order valence-corrected chi connectivity index (χ1v) is 8.71. The third-order valence-corrected chi connectivity index (χ3v) is 6.12. The van der Waals surface area contributed by atoms with Crippen LogP contribution in [0, 0.1) is 15.5 Å². The van der Waals surface area contributed by atoms with Gasteiger partial charge >= 0.3 is 0 Å². The molecule has 0 spiro atoms. The monoisotopic (exact) mass is 342 g/mol. The second-order valence-electron chi connectivity index (χ2n) is 6.38. The Morgan fingerprint density at radius 1 is 1.43 bits per heavy atom. The van der Waals surface area contributed by atoms with Crippen LogP contribution in [0.25, 0.3) is 0 Å². The molecule has 1 aliphatic heterocycles. The average molecular weight is 342 g/mol. The lowest BCUT2D eigenvalue weighted by Gasteiger charge is -2.24. The van der Waals surface area contributed by atoms with Gasteiger partial charge in [-0.05, 0) is 30.5 Å². The zero-order chi connectivity index (χ0) is 17.4. The first-order valence-electron chi connectivity index (χ1n) is 7.27. The largest absolute Gasteiger partial charge is 0.365 e. The van der Waals surface area contributed by atoms with Crippen LogP contribution in [0.4, 0.5) is 11.4 Å². The van der Waals surface area contributed by atoms with Gasteiger partial charge in [0.2, 0.25) is 10.0 Å². The van der Waals surface area contributed by atoms with Gasteiger partial charge in [-0.2, -0.15) is 0 Å². The van der Waals surface area contributed by atoms with E-state index < -0.39 is 14.9 Å². The van der Waals surface area contributed by atoms with E-state index in [1.807, 2.05) is 11.8 Å². The summed E-state index contributed by atoms with van der Waals surface area (Å²) < 4.78 is 25.4. The number of hydrogen-bond acceptors (Lipinski definition) is 6. The van der Waals surface area contributed by atoms with Crippen molar-refractivity contribution in [1.82, 2.24) is 4.31 Å². The van der Waals surface area contributed by atoms with Crippen molar-refractivity contribution in [2.24, 2.45) is 11.1 Å². The van der Waals surface area contributed by atoms with Crippen molar-refractivity contribution in [2.75, 3.05) is 38.6 Å². The SMILES string of the molecule is CN(C)S(=O)(=O)c1ccc(N2CCC(C)(CN)C2)c([N+](=O)[O-])c1. The minimum Gasteiger partial charge on any atom is -0.365 e. The van der Waals surface area contributed by atoms with Crippen molar-refractivity contribution >= 4 is 21.4 Å². The summed E-state index contributed by atoms with van der Waals surface area (Å²) in [5.41, 5.74) is 5.93. The van der Waals surface area contributed by atoms with Gasteiger partial charge in [0, 0.05) is 33.3 Å². The fraction of sp³-hybridized carbons (Fsp3) is 0.571. The summed E-state index contributed by atoms with van der Waals surface area (Å²) in [6.07, 6.45) is 0.846. The molecule has 1 saturated heterocycles. The lowest BCUT2D eigenvalue weighted by atomic mass is 9.90. The van der Waals surface area contributed by atoms with Crippen molar-refractivity contribution in [3.63, 3.8) is 0 Å². The lowest BCUT2D eigenvalue weighted by Crippen LogP contribution is -2.31. The summed E-state index contributed by atoms with van der Waals surface area (Å²) in [6.45, 7) is 3.83. The van der Waals surface area contributed by atoms with Gasteiger partial charge in [-0.15, -0.1) is 0 Å². The molecule has 0 saturated carbocycles. The molecule has 9 heteroatoms. The van der Waals surface area contributed by atoms with Crippen LogP contribution < -0.4 is 10.6 Å². The number of sulfonamides is 1. The van der Waals surface area contributed by atoms with Gasteiger partial charge in [0.05, 0.1) is 9.82 Å². The molecule has 0 aliphatic carbocycles. The van der Waals surface area contributed by atoms with Crippen LogP contribution in [0.2, 0.25) is 0 Å². The molecule has 8 nitrogen and oxygen atoms in total. The molecule has 1 heterocycles. The molecule has 1 aliphatic rings. The lowest BCUT2D eigenvalue weighted by molar-refractivity contribution is -0.384. The van der Waals surface area contributed by atoms with Crippen molar-refractivity contribution in [3.05, 3.63) is 28.3 Å². The Morgan fingerprint density at radius 3 is 2.57 bits per heavy atom. The molecule has 1 unspecified atom stereocenters. The van der Waals surface area contributed by atoms with Crippen LogP contribution in [-0.4, -0.2) is 51.4 Å². The number of nitro benzene ring substituents is 1. The summed E-state index contributed by atoms with van der Waals surface area (Å²) in [5.74, 6) is 0. The molecule has 0 aromatic heterocycles. The van der Waals surface area contributed by atoms with Crippen LogP contribution in [-0.2, 0) is 10.0 Å². The summed E-state index contributed by atoms with van der Waals surface area (Å²) in [7, 11) is -0.928. The van der Waals surface area contributed by atoms with E-state index >= 15 is 0 Å². The van der Waals surface area contributed by atoms with Crippen molar-refractivity contribution in [1.29, 1.82) is 0 Å². The maximum absolute atomic E-state index is 12.2. The number of rotatable bonds is 5. The van der Waals surface area contributed by atoms with Crippen LogP contribution in [0.3, 0.4) is 0 Å². The van der Waals surface area contributed by atoms with E-state index in [-0.39, 0.29) is 16.0 Å². The molecule has 1 atom stereocenters. The van der Waals surface area contributed by atoms with E-state index in [9.17, 15) is 18.5 Å². The molecule has 0 bridgehead atoms. The molecule has 23 heavy (non-hydrogen) atoms. The van der Waals surface area contributed by atoms with E-state index in [1.165, 1.54) is 26.2 Å². The van der Waals surface area contributed by atoms with E-state index in [4.69, 9.17) is 5.73 Å². The number of anilines is 1. The Balaban J connectivity index is 2.45. The Kier molecular flexibility index (Phi) is 4.65. The number of nitrogens with two attached hydrogens (primary N) is 1. The zero-order valence-electron chi connectivity index (χ0n) is 13.5. The molecule has 2 N–H and O–H groups in total. The fourth-order valence-corrected chi connectivity index (χ4v) is 3.61. The molecule has 1 aromatic rings. The van der Waals surface area contributed by atoms with E-state index in [0.29, 0.717) is 25.3 Å².